The lowest BCUT2D eigenvalue weighted by molar-refractivity contribution is -0.138. The monoisotopic (exact) mass is 301 g/mol. The average Bonchev–Trinajstić information content (AvgIpc) is 2.38. The van der Waals surface area contributed by atoms with Gasteiger partial charge in [0.1, 0.15) is 5.82 Å². The molecule has 1 aromatic carbocycles. The second kappa shape index (κ2) is 5.23. The van der Waals surface area contributed by atoms with Crippen molar-refractivity contribution in [2.75, 3.05) is 6.54 Å². The van der Waals surface area contributed by atoms with Crippen molar-refractivity contribution in [3.05, 3.63) is 47.3 Å². The molecule has 0 saturated heterocycles. The molecule has 2 rings (SSSR count). The maximum absolute atomic E-state index is 13.1. The van der Waals surface area contributed by atoms with Crippen LogP contribution < -0.4 is 11.5 Å². The highest BCUT2D eigenvalue weighted by Crippen LogP contribution is 2.37. The number of rotatable bonds is 2. The van der Waals surface area contributed by atoms with Gasteiger partial charge in [-0.05, 0) is 30.7 Å². The molecule has 0 amide bonds. The summed E-state index contributed by atoms with van der Waals surface area (Å²) in [6, 6.07) is 2.12. The quantitative estimate of drug-likeness (QED) is 0.824. The molecule has 0 fully saturated rings. The van der Waals surface area contributed by atoms with Crippen molar-refractivity contribution in [1.29, 1.82) is 0 Å². The Labute approximate surface area is 119 Å². The molecule has 4 N–H and O–H groups in total. The summed E-state index contributed by atoms with van der Waals surface area (Å²) in [5.41, 5.74) is 9.53. The van der Waals surface area contributed by atoms with Gasteiger partial charge in [-0.2, -0.15) is 13.2 Å². The summed E-state index contributed by atoms with van der Waals surface area (Å²) < 4.78 is 52.3. The zero-order valence-electron chi connectivity index (χ0n) is 11.3. The van der Waals surface area contributed by atoms with Crippen molar-refractivity contribution >= 4 is 5.71 Å². The van der Waals surface area contributed by atoms with Crippen LogP contribution >= 0.6 is 0 Å². The lowest BCUT2D eigenvalue weighted by atomic mass is 9.84. The van der Waals surface area contributed by atoms with Gasteiger partial charge in [0.15, 0.2) is 0 Å². The van der Waals surface area contributed by atoms with Gasteiger partial charge in [0.05, 0.1) is 23.4 Å². The molecule has 114 valence electrons. The molecule has 0 radical (unpaired) electrons. The molecule has 1 aromatic rings. The van der Waals surface area contributed by atoms with E-state index in [0.29, 0.717) is 11.8 Å². The molecule has 21 heavy (non-hydrogen) atoms. The maximum atomic E-state index is 13.1. The number of hydrogen-bond donors (Lipinski definition) is 2. The average molecular weight is 301 g/mol. The molecule has 0 spiro atoms. The zero-order chi connectivity index (χ0) is 15.8. The highest BCUT2D eigenvalue weighted by Gasteiger charge is 2.40. The summed E-state index contributed by atoms with van der Waals surface area (Å²) in [7, 11) is 0. The van der Waals surface area contributed by atoms with Crippen molar-refractivity contribution in [1.82, 2.24) is 0 Å². The first-order chi connectivity index (χ1) is 9.63. The van der Waals surface area contributed by atoms with Gasteiger partial charge in [0.2, 0.25) is 0 Å². The van der Waals surface area contributed by atoms with Crippen LogP contribution in [0.1, 0.15) is 18.1 Å². The molecule has 0 aromatic heterocycles. The Hall–Kier alpha value is -1.73. The number of alkyl halides is 3. The third kappa shape index (κ3) is 3.14. The van der Waals surface area contributed by atoms with Crippen LogP contribution in [0.5, 0.6) is 0 Å². The van der Waals surface area contributed by atoms with Crippen molar-refractivity contribution in [2.24, 2.45) is 16.5 Å². The molecule has 0 saturated carbocycles. The summed E-state index contributed by atoms with van der Waals surface area (Å²) >= 11 is 0. The van der Waals surface area contributed by atoms with Gasteiger partial charge in [-0.3, -0.25) is 4.99 Å². The van der Waals surface area contributed by atoms with E-state index in [4.69, 9.17) is 11.5 Å². The van der Waals surface area contributed by atoms with E-state index in [2.05, 4.69) is 4.99 Å². The molecule has 1 aliphatic heterocycles. The van der Waals surface area contributed by atoms with Gasteiger partial charge < -0.3 is 11.5 Å². The zero-order valence-corrected chi connectivity index (χ0v) is 11.3. The molecule has 0 aliphatic carbocycles. The van der Waals surface area contributed by atoms with Gasteiger partial charge in [0.25, 0.3) is 0 Å². The number of nitrogens with zero attached hydrogens (tertiary/aromatic N) is 1. The van der Waals surface area contributed by atoms with E-state index in [1.54, 1.807) is 6.92 Å². The normalized spacial score (nSPS) is 23.9. The topological polar surface area (TPSA) is 64.4 Å². The van der Waals surface area contributed by atoms with E-state index in [1.807, 2.05) is 0 Å². The molecule has 1 aliphatic rings. The number of aliphatic imine (C=N–C) groups is 1. The summed E-state index contributed by atoms with van der Waals surface area (Å²) in [5, 5.41) is 0. The molecular weight excluding hydrogens is 286 g/mol. The van der Waals surface area contributed by atoms with E-state index in [9.17, 15) is 17.6 Å². The van der Waals surface area contributed by atoms with Crippen LogP contribution in [0.2, 0.25) is 0 Å². The Morgan fingerprint density at radius 1 is 1.33 bits per heavy atom. The molecular formula is C14H15F4N3. The fourth-order valence-electron chi connectivity index (χ4n) is 2.19. The fourth-order valence-corrected chi connectivity index (χ4v) is 2.19. The highest BCUT2D eigenvalue weighted by molar-refractivity contribution is 5.99. The minimum Gasteiger partial charge on any atom is -0.323 e. The standard InChI is InChI=1S/C14H15F4N3/c1-8(19)12-4-5-13(20,7-21-12)10-3-2-9(15)6-11(10)14(16,17)18/h2-6,8H,7,19-20H2,1H3. The second-order valence-electron chi connectivity index (χ2n) is 5.09. The Kier molecular flexibility index (Phi) is 3.90. The SMILES string of the molecule is CC(N)C1=NCC(N)(c2ccc(F)cc2C(F)(F)F)C=C1. The Morgan fingerprint density at radius 3 is 2.48 bits per heavy atom. The van der Waals surface area contributed by atoms with Crippen LogP contribution in [0.15, 0.2) is 35.3 Å². The van der Waals surface area contributed by atoms with Crippen molar-refractivity contribution < 1.29 is 17.6 Å². The summed E-state index contributed by atoms with van der Waals surface area (Å²) in [6.45, 7) is 1.64. The van der Waals surface area contributed by atoms with Crippen molar-refractivity contribution in [2.45, 2.75) is 24.7 Å². The maximum Gasteiger partial charge on any atom is 0.416 e. The van der Waals surface area contributed by atoms with Crippen LogP contribution in [0.3, 0.4) is 0 Å². The van der Waals surface area contributed by atoms with Gasteiger partial charge in [-0.1, -0.05) is 12.1 Å². The van der Waals surface area contributed by atoms with E-state index >= 15 is 0 Å². The molecule has 2 unspecified atom stereocenters. The summed E-state index contributed by atoms with van der Waals surface area (Å²) in [5.74, 6) is -0.964. The Balaban J connectivity index is 2.47. The van der Waals surface area contributed by atoms with Gasteiger partial charge in [-0.15, -0.1) is 0 Å². The predicted molar refractivity (Wildman–Crippen MR) is 72.4 cm³/mol. The van der Waals surface area contributed by atoms with Crippen LogP contribution in [-0.4, -0.2) is 18.3 Å². The predicted octanol–water partition coefficient (Wildman–Crippen LogP) is 2.36. The number of benzene rings is 1. The van der Waals surface area contributed by atoms with Crippen LogP contribution in [0, 0.1) is 5.82 Å². The minimum absolute atomic E-state index is 0.0743. The molecule has 1 heterocycles. The number of dihydropyridines is 1. The van der Waals surface area contributed by atoms with Crippen LogP contribution in [0.25, 0.3) is 0 Å². The number of halogens is 4. The Morgan fingerprint density at radius 2 is 2.00 bits per heavy atom. The Bertz CT molecular complexity index is 605. The lowest BCUT2D eigenvalue weighted by Gasteiger charge is -2.31. The van der Waals surface area contributed by atoms with Gasteiger partial charge in [0, 0.05) is 6.04 Å². The molecule has 0 bridgehead atoms. The third-order valence-electron chi connectivity index (χ3n) is 3.33. The van der Waals surface area contributed by atoms with Gasteiger partial charge >= 0.3 is 6.18 Å². The smallest absolute Gasteiger partial charge is 0.323 e. The van der Waals surface area contributed by atoms with E-state index < -0.39 is 23.1 Å². The number of nitrogens with two attached hydrogens (primary N) is 2. The van der Waals surface area contributed by atoms with E-state index in [0.717, 1.165) is 12.1 Å². The minimum atomic E-state index is -4.69. The number of hydrogen-bond acceptors (Lipinski definition) is 3. The first kappa shape index (κ1) is 15.7. The lowest BCUT2D eigenvalue weighted by Crippen LogP contribution is -2.43. The van der Waals surface area contributed by atoms with Crippen molar-refractivity contribution in [3.63, 3.8) is 0 Å². The van der Waals surface area contributed by atoms with Crippen LogP contribution in [-0.2, 0) is 11.7 Å². The molecule has 2 atom stereocenters. The largest absolute Gasteiger partial charge is 0.416 e. The van der Waals surface area contributed by atoms with Crippen LogP contribution in [0.4, 0.5) is 17.6 Å². The second-order valence-corrected chi connectivity index (χ2v) is 5.09. The third-order valence-corrected chi connectivity index (χ3v) is 3.33. The first-order valence-electron chi connectivity index (χ1n) is 6.29. The fraction of sp³-hybridized carbons (Fsp3) is 0.357. The van der Waals surface area contributed by atoms with Crippen molar-refractivity contribution in [3.8, 4) is 0 Å². The summed E-state index contributed by atoms with van der Waals surface area (Å²) in [4.78, 5) is 4.12. The van der Waals surface area contributed by atoms with Gasteiger partial charge in [-0.25, -0.2) is 4.39 Å². The molecule has 7 heteroatoms. The summed E-state index contributed by atoms with van der Waals surface area (Å²) in [6.07, 6.45) is -1.75. The molecule has 3 nitrogen and oxygen atoms in total. The first-order valence-corrected chi connectivity index (χ1v) is 6.29. The highest BCUT2D eigenvalue weighted by atomic mass is 19.4. The van der Waals surface area contributed by atoms with E-state index in [-0.39, 0.29) is 18.2 Å². The van der Waals surface area contributed by atoms with E-state index in [1.165, 1.54) is 12.2 Å².